The average Bonchev–Trinajstić information content (AvgIpc) is 3.42. The number of rotatable bonds is 2. The summed E-state index contributed by atoms with van der Waals surface area (Å²) >= 11 is 0. The van der Waals surface area contributed by atoms with E-state index in [1.54, 1.807) is 0 Å². The lowest BCUT2D eigenvalue weighted by atomic mass is 9.68. The Labute approximate surface area is 179 Å². The first-order valence-electron chi connectivity index (χ1n) is 11.7. The van der Waals surface area contributed by atoms with Crippen LogP contribution in [0, 0.1) is 17.8 Å². The molecule has 4 aliphatic rings. The normalized spacial score (nSPS) is 32.4. The van der Waals surface area contributed by atoms with Crippen molar-refractivity contribution in [3.05, 3.63) is 65.2 Å². The molecule has 1 saturated heterocycles. The zero-order chi connectivity index (χ0) is 20.2. The molecule has 30 heavy (non-hydrogen) atoms. The molecule has 4 heteroatoms. The highest BCUT2D eigenvalue weighted by Gasteiger charge is 2.53. The summed E-state index contributed by atoms with van der Waals surface area (Å²) in [5.74, 6) is 3.05. The molecule has 5 atom stereocenters. The van der Waals surface area contributed by atoms with Crippen molar-refractivity contribution < 1.29 is 9.69 Å². The molecular weight excluding hydrogens is 370 g/mol. The maximum absolute atomic E-state index is 13.2. The van der Waals surface area contributed by atoms with Crippen LogP contribution in [0.1, 0.15) is 52.7 Å². The highest BCUT2D eigenvalue weighted by atomic mass is 16.2. The van der Waals surface area contributed by atoms with Crippen LogP contribution >= 0.6 is 0 Å². The molecule has 2 aliphatic heterocycles. The second kappa shape index (κ2) is 7.12. The maximum atomic E-state index is 13.2. The monoisotopic (exact) mass is 402 g/mol. The molecule has 156 valence electrons. The van der Waals surface area contributed by atoms with Crippen LogP contribution in [-0.2, 0) is 0 Å². The third-order valence-electron chi connectivity index (χ3n) is 8.40. The lowest BCUT2D eigenvalue weighted by molar-refractivity contribution is -0.883. The summed E-state index contributed by atoms with van der Waals surface area (Å²) in [6.45, 7) is 3.83. The lowest BCUT2D eigenvalue weighted by Gasteiger charge is -2.43. The van der Waals surface area contributed by atoms with Gasteiger partial charge < -0.3 is 15.1 Å². The molecule has 2 heterocycles. The van der Waals surface area contributed by atoms with Crippen LogP contribution in [-0.4, -0.2) is 44.0 Å². The number of likely N-dealkylation sites (N-methyl/N-ethyl adjacent to an activating group) is 1. The number of fused-ring (bicyclic) bond motifs is 7. The van der Waals surface area contributed by atoms with Crippen LogP contribution in [0.2, 0.25) is 0 Å². The van der Waals surface area contributed by atoms with Gasteiger partial charge in [0.1, 0.15) is 0 Å². The van der Waals surface area contributed by atoms with E-state index in [4.69, 9.17) is 0 Å². The van der Waals surface area contributed by atoms with Gasteiger partial charge in [0, 0.05) is 11.3 Å². The maximum Gasteiger partial charge on any atom is 0.254 e. The summed E-state index contributed by atoms with van der Waals surface area (Å²) in [4.78, 5) is 16.8. The zero-order valence-electron chi connectivity index (χ0n) is 17.8. The van der Waals surface area contributed by atoms with Crippen molar-refractivity contribution >= 4 is 11.6 Å². The van der Waals surface area contributed by atoms with Crippen LogP contribution < -0.4 is 10.2 Å². The summed E-state index contributed by atoms with van der Waals surface area (Å²) in [5.41, 5.74) is 4.95. The molecular formula is C26H32N3O+. The van der Waals surface area contributed by atoms with E-state index >= 15 is 0 Å². The van der Waals surface area contributed by atoms with E-state index in [1.165, 1.54) is 41.0 Å². The van der Waals surface area contributed by atoms with Crippen LogP contribution in [0.5, 0.6) is 0 Å². The first kappa shape index (κ1) is 18.4. The molecule has 0 spiro atoms. The van der Waals surface area contributed by atoms with E-state index in [-0.39, 0.29) is 5.91 Å². The minimum atomic E-state index is 0.218. The summed E-state index contributed by atoms with van der Waals surface area (Å²) < 4.78 is 0. The van der Waals surface area contributed by atoms with Crippen molar-refractivity contribution in [1.82, 2.24) is 4.90 Å². The molecule has 2 aromatic rings. The molecule has 2 N–H and O–H groups in total. The predicted molar refractivity (Wildman–Crippen MR) is 119 cm³/mol. The number of nitrogens with one attached hydrogen (secondary N) is 2. The van der Waals surface area contributed by atoms with Gasteiger partial charge in [-0.25, -0.2) is 0 Å². The van der Waals surface area contributed by atoms with Gasteiger partial charge in [-0.2, -0.15) is 0 Å². The highest BCUT2D eigenvalue weighted by Crippen LogP contribution is 2.63. The summed E-state index contributed by atoms with van der Waals surface area (Å²) in [6, 6.07) is 17.9. The van der Waals surface area contributed by atoms with Crippen molar-refractivity contribution in [2.45, 2.75) is 31.2 Å². The molecule has 4 nitrogen and oxygen atoms in total. The Bertz CT molecular complexity index is 950. The van der Waals surface area contributed by atoms with Crippen LogP contribution in [0.25, 0.3) is 0 Å². The molecule has 3 fully saturated rings. The average molecular weight is 403 g/mol. The Hall–Kier alpha value is -2.33. The van der Waals surface area contributed by atoms with Crippen molar-refractivity contribution in [2.24, 2.45) is 17.8 Å². The lowest BCUT2D eigenvalue weighted by Crippen LogP contribution is -3.12. The van der Waals surface area contributed by atoms with Gasteiger partial charge in [0.25, 0.3) is 5.91 Å². The van der Waals surface area contributed by atoms with Gasteiger partial charge in [0.05, 0.1) is 39.3 Å². The number of benzene rings is 2. The van der Waals surface area contributed by atoms with Gasteiger partial charge in [-0.1, -0.05) is 30.3 Å². The van der Waals surface area contributed by atoms with Crippen LogP contribution in [0.3, 0.4) is 0 Å². The minimum absolute atomic E-state index is 0.218. The number of carbonyl (C=O) groups excluding carboxylic acids is 1. The minimum Gasteiger partial charge on any atom is -0.378 e. The van der Waals surface area contributed by atoms with E-state index in [0.29, 0.717) is 17.9 Å². The van der Waals surface area contributed by atoms with Crippen molar-refractivity contribution in [3.8, 4) is 0 Å². The number of quaternary nitrogens is 1. The fourth-order valence-electron chi connectivity index (χ4n) is 6.88. The van der Waals surface area contributed by atoms with E-state index in [2.05, 4.69) is 65.8 Å². The molecule has 0 radical (unpaired) electrons. The standard InChI is InChI=1S/C26H31N3O/c1-28-11-13-29(14-12-28)26(30)20-9-10-22-21(16-20)23-18-7-8-19(15-18)24(23)25(27-22)17-5-3-2-4-6-17/h2-6,9-10,16,18-19,23-25,27H,7-8,11-15H2,1H3/p+1/t18-,19+,23+,24+,25+/m1/s1. The number of carbonyl (C=O) groups is 1. The Morgan fingerprint density at radius 3 is 2.60 bits per heavy atom. The van der Waals surface area contributed by atoms with Crippen molar-refractivity contribution in [3.63, 3.8) is 0 Å². The SMILES string of the molecule is C[NH+]1CCN(C(=O)c2ccc3c(c2)[C@@H]2[C@@H]4CC[C@@H](C4)[C@@H]2[C@H](c2ccccc2)N3)CC1. The molecule has 2 aliphatic carbocycles. The number of anilines is 1. The second-order valence-corrected chi connectivity index (χ2v) is 10.0. The van der Waals surface area contributed by atoms with Gasteiger partial charge in [0.2, 0.25) is 0 Å². The molecule has 1 amide bonds. The quantitative estimate of drug-likeness (QED) is 0.810. The fraction of sp³-hybridized carbons (Fsp3) is 0.500. The first-order valence-corrected chi connectivity index (χ1v) is 11.7. The molecule has 6 rings (SSSR count). The van der Waals surface area contributed by atoms with E-state index in [9.17, 15) is 4.79 Å². The first-order chi connectivity index (χ1) is 14.7. The van der Waals surface area contributed by atoms with Crippen LogP contribution in [0.15, 0.2) is 48.5 Å². The number of piperazine rings is 1. The second-order valence-electron chi connectivity index (χ2n) is 10.0. The number of amides is 1. The van der Waals surface area contributed by atoms with Crippen molar-refractivity contribution in [1.29, 1.82) is 0 Å². The predicted octanol–water partition coefficient (Wildman–Crippen LogP) is 2.95. The highest BCUT2D eigenvalue weighted by molar-refractivity contribution is 5.95. The third-order valence-corrected chi connectivity index (χ3v) is 8.40. The van der Waals surface area contributed by atoms with E-state index in [1.807, 2.05) is 0 Å². The smallest absolute Gasteiger partial charge is 0.254 e. The van der Waals surface area contributed by atoms with Gasteiger partial charge >= 0.3 is 0 Å². The summed E-state index contributed by atoms with van der Waals surface area (Å²) in [6.07, 6.45) is 4.08. The molecule has 0 unspecified atom stereocenters. The zero-order valence-corrected chi connectivity index (χ0v) is 17.8. The number of hydrogen-bond donors (Lipinski definition) is 2. The Morgan fingerprint density at radius 1 is 1.03 bits per heavy atom. The molecule has 2 saturated carbocycles. The third kappa shape index (κ3) is 2.88. The van der Waals surface area contributed by atoms with E-state index in [0.717, 1.165) is 43.6 Å². The largest absolute Gasteiger partial charge is 0.378 e. The molecule has 2 bridgehead atoms. The molecule has 2 aromatic carbocycles. The summed E-state index contributed by atoms with van der Waals surface area (Å²) in [7, 11) is 2.21. The summed E-state index contributed by atoms with van der Waals surface area (Å²) in [5, 5.41) is 3.89. The Balaban J connectivity index is 1.35. The van der Waals surface area contributed by atoms with Crippen LogP contribution in [0.4, 0.5) is 5.69 Å². The van der Waals surface area contributed by atoms with Gasteiger partial charge in [-0.3, -0.25) is 4.79 Å². The van der Waals surface area contributed by atoms with Gasteiger partial charge in [-0.05, 0) is 72.3 Å². The topological polar surface area (TPSA) is 36.8 Å². The fourth-order valence-corrected chi connectivity index (χ4v) is 6.88. The Morgan fingerprint density at radius 2 is 1.80 bits per heavy atom. The Kier molecular flexibility index (Phi) is 4.38. The van der Waals surface area contributed by atoms with E-state index < -0.39 is 0 Å². The van der Waals surface area contributed by atoms with Gasteiger partial charge in [-0.15, -0.1) is 0 Å². The van der Waals surface area contributed by atoms with Gasteiger partial charge in [0.15, 0.2) is 0 Å². The van der Waals surface area contributed by atoms with Crippen molar-refractivity contribution in [2.75, 3.05) is 38.5 Å². The molecule has 0 aromatic heterocycles. The number of hydrogen-bond acceptors (Lipinski definition) is 2. The number of nitrogens with zero attached hydrogens (tertiary/aromatic N) is 1.